The standard InChI is InChI=1S/C20H40N4O2.HI/c1-3-8-18(11-14-25)16-24-20(21-4-2)23-13-12-22-19(26)15-17-9-6-5-7-10-17;/h17-18,25H,3-16H2,1-2H3,(H,22,26)(H2,21,23,24);1H. The van der Waals surface area contributed by atoms with E-state index >= 15 is 0 Å². The van der Waals surface area contributed by atoms with Crippen LogP contribution < -0.4 is 16.0 Å². The van der Waals surface area contributed by atoms with Crippen LogP contribution in [0.3, 0.4) is 0 Å². The summed E-state index contributed by atoms with van der Waals surface area (Å²) in [4.78, 5) is 16.7. The van der Waals surface area contributed by atoms with Gasteiger partial charge in [0.25, 0.3) is 0 Å². The van der Waals surface area contributed by atoms with Crippen molar-refractivity contribution in [3.8, 4) is 0 Å². The molecule has 1 amide bonds. The van der Waals surface area contributed by atoms with Gasteiger partial charge in [-0.05, 0) is 44.4 Å². The molecule has 160 valence electrons. The molecule has 1 fully saturated rings. The highest BCUT2D eigenvalue weighted by molar-refractivity contribution is 14.0. The quantitative estimate of drug-likeness (QED) is 0.145. The van der Waals surface area contributed by atoms with Gasteiger partial charge in [-0.2, -0.15) is 0 Å². The summed E-state index contributed by atoms with van der Waals surface area (Å²) in [7, 11) is 0. The molecule has 1 aliphatic carbocycles. The van der Waals surface area contributed by atoms with Gasteiger partial charge >= 0.3 is 0 Å². The third-order valence-electron chi connectivity index (χ3n) is 5.02. The lowest BCUT2D eigenvalue weighted by atomic mass is 9.87. The first-order valence-corrected chi connectivity index (χ1v) is 10.6. The smallest absolute Gasteiger partial charge is 0.220 e. The molecule has 0 aromatic rings. The van der Waals surface area contributed by atoms with Gasteiger partial charge in [-0.3, -0.25) is 9.79 Å². The van der Waals surface area contributed by atoms with Gasteiger partial charge in [0.1, 0.15) is 0 Å². The summed E-state index contributed by atoms with van der Waals surface area (Å²) < 4.78 is 0. The number of nitrogens with one attached hydrogen (secondary N) is 3. The second kappa shape index (κ2) is 17.5. The predicted molar refractivity (Wildman–Crippen MR) is 124 cm³/mol. The fourth-order valence-electron chi connectivity index (χ4n) is 3.59. The van der Waals surface area contributed by atoms with E-state index < -0.39 is 0 Å². The lowest BCUT2D eigenvalue weighted by Crippen LogP contribution is -2.42. The Bertz CT molecular complexity index is 395. The second-order valence-electron chi connectivity index (χ2n) is 7.37. The second-order valence-corrected chi connectivity index (χ2v) is 7.37. The van der Waals surface area contributed by atoms with Crippen LogP contribution in [0.25, 0.3) is 0 Å². The molecule has 1 aliphatic rings. The summed E-state index contributed by atoms with van der Waals surface area (Å²) in [6.07, 6.45) is 9.95. The maximum Gasteiger partial charge on any atom is 0.220 e. The Morgan fingerprint density at radius 3 is 2.41 bits per heavy atom. The molecule has 0 saturated heterocycles. The van der Waals surface area contributed by atoms with Crippen molar-refractivity contribution in [3.05, 3.63) is 0 Å². The highest BCUT2D eigenvalue weighted by atomic mass is 127. The Labute approximate surface area is 182 Å². The third-order valence-corrected chi connectivity index (χ3v) is 5.02. The van der Waals surface area contributed by atoms with Crippen molar-refractivity contribution in [2.45, 2.75) is 71.6 Å². The van der Waals surface area contributed by atoms with E-state index in [2.05, 4.69) is 27.9 Å². The SMILES string of the molecule is CCCC(CCO)CN=C(NCC)NCCNC(=O)CC1CCCCC1.I. The minimum Gasteiger partial charge on any atom is -0.396 e. The van der Waals surface area contributed by atoms with E-state index in [0.717, 1.165) is 38.3 Å². The summed E-state index contributed by atoms with van der Waals surface area (Å²) >= 11 is 0. The van der Waals surface area contributed by atoms with Crippen LogP contribution in [-0.4, -0.2) is 49.8 Å². The lowest BCUT2D eigenvalue weighted by molar-refractivity contribution is -0.122. The van der Waals surface area contributed by atoms with Gasteiger partial charge in [0.2, 0.25) is 5.91 Å². The highest BCUT2D eigenvalue weighted by Gasteiger charge is 2.16. The number of aliphatic imine (C=N–C) groups is 1. The Balaban J connectivity index is 0.00000676. The topological polar surface area (TPSA) is 85.8 Å². The molecule has 7 heteroatoms. The Hall–Kier alpha value is -0.570. The highest BCUT2D eigenvalue weighted by Crippen LogP contribution is 2.25. The number of amides is 1. The van der Waals surface area contributed by atoms with Crippen LogP contribution in [0.1, 0.15) is 71.6 Å². The van der Waals surface area contributed by atoms with Crippen LogP contribution in [0.4, 0.5) is 0 Å². The predicted octanol–water partition coefficient (Wildman–Crippen LogP) is 3.04. The molecule has 27 heavy (non-hydrogen) atoms. The maximum absolute atomic E-state index is 12.0. The summed E-state index contributed by atoms with van der Waals surface area (Å²) in [6.45, 7) is 7.23. The number of carbonyl (C=O) groups is 1. The van der Waals surface area contributed by atoms with E-state index in [0.29, 0.717) is 31.3 Å². The fourth-order valence-corrected chi connectivity index (χ4v) is 3.59. The Morgan fingerprint density at radius 1 is 1.07 bits per heavy atom. The molecule has 4 N–H and O–H groups in total. The van der Waals surface area contributed by atoms with Gasteiger partial charge in [0.15, 0.2) is 5.96 Å². The summed E-state index contributed by atoms with van der Waals surface area (Å²) in [5.41, 5.74) is 0. The molecule has 6 nitrogen and oxygen atoms in total. The molecule has 0 aromatic heterocycles. The van der Waals surface area contributed by atoms with Gasteiger partial charge in [-0.1, -0.05) is 32.6 Å². The first-order valence-electron chi connectivity index (χ1n) is 10.6. The normalized spacial score (nSPS) is 16.3. The summed E-state index contributed by atoms with van der Waals surface area (Å²) in [5.74, 6) is 1.97. The largest absolute Gasteiger partial charge is 0.396 e. The molecular formula is C20H41IN4O2. The molecule has 0 heterocycles. The number of rotatable bonds is 12. The molecule has 0 radical (unpaired) electrons. The summed E-state index contributed by atoms with van der Waals surface area (Å²) in [5, 5.41) is 18.7. The van der Waals surface area contributed by atoms with Crippen molar-refractivity contribution in [1.82, 2.24) is 16.0 Å². The van der Waals surface area contributed by atoms with E-state index in [9.17, 15) is 4.79 Å². The van der Waals surface area contributed by atoms with Crippen LogP contribution in [0.2, 0.25) is 0 Å². The molecule has 1 rings (SSSR count). The lowest BCUT2D eigenvalue weighted by Gasteiger charge is -2.21. The zero-order chi connectivity index (χ0) is 19.0. The van der Waals surface area contributed by atoms with Gasteiger partial charge in [0.05, 0.1) is 0 Å². The van der Waals surface area contributed by atoms with E-state index in [4.69, 9.17) is 5.11 Å². The molecule has 1 atom stereocenters. The van der Waals surface area contributed by atoms with E-state index in [1.807, 2.05) is 6.92 Å². The molecular weight excluding hydrogens is 455 g/mol. The minimum absolute atomic E-state index is 0. The number of halogens is 1. The van der Waals surface area contributed by atoms with Gasteiger partial charge in [-0.15, -0.1) is 24.0 Å². The van der Waals surface area contributed by atoms with Crippen LogP contribution in [-0.2, 0) is 4.79 Å². The number of aliphatic hydroxyl groups excluding tert-OH is 1. The average molecular weight is 496 g/mol. The number of nitrogens with zero attached hydrogens (tertiary/aromatic N) is 1. The Kier molecular flexibility index (Phi) is 17.2. The number of guanidine groups is 1. The minimum atomic E-state index is 0. The molecule has 0 spiro atoms. The number of hydrogen-bond acceptors (Lipinski definition) is 3. The summed E-state index contributed by atoms with van der Waals surface area (Å²) in [6, 6.07) is 0. The average Bonchev–Trinajstić information content (AvgIpc) is 2.64. The van der Waals surface area contributed by atoms with E-state index in [-0.39, 0.29) is 36.5 Å². The van der Waals surface area contributed by atoms with Crippen LogP contribution in [0.15, 0.2) is 4.99 Å². The monoisotopic (exact) mass is 496 g/mol. The Morgan fingerprint density at radius 2 is 1.78 bits per heavy atom. The molecule has 0 aliphatic heterocycles. The number of carbonyl (C=O) groups excluding carboxylic acids is 1. The molecule has 0 aromatic carbocycles. The molecule has 0 bridgehead atoms. The van der Waals surface area contributed by atoms with Crippen molar-refractivity contribution in [2.24, 2.45) is 16.8 Å². The van der Waals surface area contributed by atoms with Gasteiger partial charge in [0, 0.05) is 39.2 Å². The maximum atomic E-state index is 12.0. The van der Waals surface area contributed by atoms with Crippen molar-refractivity contribution >= 4 is 35.8 Å². The molecule has 1 saturated carbocycles. The van der Waals surface area contributed by atoms with Crippen molar-refractivity contribution in [2.75, 3.05) is 32.8 Å². The number of hydrogen-bond donors (Lipinski definition) is 4. The van der Waals surface area contributed by atoms with Crippen LogP contribution in [0, 0.1) is 11.8 Å². The van der Waals surface area contributed by atoms with Crippen LogP contribution in [0.5, 0.6) is 0 Å². The van der Waals surface area contributed by atoms with Crippen molar-refractivity contribution in [1.29, 1.82) is 0 Å². The molecule has 1 unspecified atom stereocenters. The zero-order valence-electron chi connectivity index (χ0n) is 17.3. The first-order chi connectivity index (χ1) is 12.7. The van der Waals surface area contributed by atoms with E-state index in [1.165, 1.54) is 32.1 Å². The first kappa shape index (κ1) is 26.4. The van der Waals surface area contributed by atoms with Gasteiger partial charge in [-0.25, -0.2) is 0 Å². The van der Waals surface area contributed by atoms with Crippen molar-refractivity contribution < 1.29 is 9.90 Å². The van der Waals surface area contributed by atoms with E-state index in [1.54, 1.807) is 0 Å². The van der Waals surface area contributed by atoms with Crippen molar-refractivity contribution in [3.63, 3.8) is 0 Å². The zero-order valence-corrected chi connectivity index (χ0v) is 19.6. The van der Waals surface area contributed by atoms with Gasteiger partial charge < -0.3 is 21.1 Å². The number of aliphatic hydroxyl groups is 1. The van der Waals surface area contributed by atoms with Crippen LogP contribution >= 0.6 is 24.0 Å². The fraction of sp³-hybridized carbons (Fsp3) is 0.900. The third kappa shape index (κ3) is 13.3.